The van der Waals surface area contributed by atoms with Gasteiger partial charge in [0.05, 0.1) is 0 Å². The number of hydrogen-bond acceptors (Lipinski definition) is 4. The number of carboxylic acid groups (broad SMARTS) is 1. The molecule has 1 heterocycles. The van der Waals surface area contributed by atoms with Crippen LogP contribution in [0.5, 0.6) is 0 Å². The second kappa shape index (κ2) is 6.70. The van der Waals surface area contributed by atoms with E-state index in [1.807, 2.05) is 60.7 Å². The summed E-state index contributed by atoms with van der Waals surface area (Å²) in [6.07, 6.45) is 1.54. The zero-order valence-electron chi connectivity index (χ0n) is 12.3. The topological polar surface area (TPSA) is 75.1 Å². The number of benzene rings is 2. The lowest BCUT2D eigenvalue weighted by Gasteiger charge is -2.09. The summed E-state index contributed by atoms with van der Waals surface area (Å²) in [5.41, 5.74) is 2.34. The van der Waals surface area contributed by atoms with E-state index in [-0.39, 0.29) is 5.69 Å². The third-order valence-electron chi connectivity index (χ3n) is 3.37. The zero-order valence-corrected chi connectivity index (χ0v) is 12.3. The molecule has 0 unspecified atom stereocenters. The zero-order chi connectivity index (χ0) is 16.1. The van der Waals surface area contributed by atoms with Crippen molar-refractivity contribution in [2.75, 3.05) is 5.32 Å². The maximum absolute atomic E-state index is 11.5. The van der Waals surface area contributed by atoms with Gasteiger partial charge in [-0.15, -0.1) is 0 Å². The average molecular weight is 305 g/mol. The molecule has 0 aliphatic rings. The van der Waals surface area contributed by atoms with Gasteiger partial charge in [0.25, 0.3) is 0 Å². The van der Waals surface area contributed by atoms with Gasteiger partial charge in [-0.3, -0.25) is 0 Å². The van der Waals surface area contributed by atoms with E-state index < -0.39 is 5.97 Å². The molecule has 1 aromatic heterocycles. The van der Waals surface area contributed by atoms with E-state index in [9.17, 15) is 9.90 Å². The van der Waals surface area contributed by atoms with Crippen molar-refractivity contribution < 1.29 is 9.90 Å². The Kier molecular flexibility index (Phi) is 4.29. The van der Waals surface area contributed by atoms with E-state index in [1.54, 1.807) is 6.20 Å². The summed E-state index contributed by atoms with van der Waals surface area (Å²) in [6, 6.07) is 19.0. The van der Waals surface area contributed by atoms with E-state index in [4.69, 9.17) is 0 Å². The lowest BCUT2D eigenvalue weighted by molar-refractivity contribution is 0.0691. The number of nitrogens with zero attached hydrogens (tertiary/aromatic N) is 2. The minimum absolute atomic E-state index is 0.0123. The van der Waals surface area contributed by atoms with Crippen molar-refractivity contribution in [3.63, 3.8) is 0 Å². The van der Waals surface area contributed by atoms with Gasteiger partial charge in [-0.05, 0) is 11.1 Å². The predicted molar refractivity (Wildman–Crippen MR) is 88.2 cm³/mol. The molecule has 0 aliphatic heterocycles. The van der Waals surface area contributed by atoms with Gasteiger partial charge in [-0.25, -0.2) is 14.8 Å². The summed E-state index contributed by atoms with van der Waals surface area (Å²) < 4.78 is 0. The van der Waals surface area contributed by atoms with Crippen LogP contribution in [0, 0.1) is 0 Å². The van der Waals surface area contributed by atoms with Crippen LogP contribution in [0.15, 0.2) is 66.9 Å². The molecule has 114 valence electrons. The van der Waals surface area contributed by atoms with Crippen LogP contribution in [0.1, 0.15) is 16.1 Å². The number of hydrogen-bond donors (Lipinski definition) is 2. The van der Waals surface area contributed by atoms with E-state index >= 15 is 0 Å². The minimum Gasteiger partial charge on any atom is -0.476 e. The Morgan fingerprint density at radius 2 is 1.65 bits per heavy atom. The molecule has 3 aromatic rings. The van der Waals surface area contributed by atoms with Crippen molar-refractivity contribution in [2.45, 2.75) is 6.54 Å². The second-order valence-electron chi connectivity index (χ2n) is 4.97. The van der Waals surface area contributed by atoms with E-state index in [0.717, 1.165) is 11.1 Å². The Labute approximate surface area is 133 Å². The fourth-order valence-electron chi connectivity index (χ4n) is 2.24. The first-order valence-electron chi connectivity index (χ1n) is 7.17. The first-order chi connectivity index (χ1) is 11.2. The lowest BCUT2D eigenvalue weighted by Crippen LogP contribution is -2.09. The highest BCUT2D eigenvalue weighted by Crippen LogP contribution is 2.22. The molecular formula is C18H15N3O2. The third kappa shape index (κ3) is 3.52. The minimum atomic E-state index is -1.07. The SMILES string of the molecule is O=C(O)c1nc(NCc2ccccc2)ncc1-c1ccccc1. The number of rotatable bonds is 5. The Bertz CT molecular complexity index is 805. The summed E-state index contributed by atoms with van der Waals surface area (Å²) >= 11 is 0. The summed E-state index contributed by atoms with van der Waals surface area (Å²) in [7, 11) is 0. The maximum atomic E-state index is 11.5. The Morgan fingerprint density at radius 1 is 1.00 bits per heavy atom. The summed E-state index contributed by atoms with van der Waals surface area (Å²) in [5.74, 6) is -0.778. The molecule has 23 heavy (non-hydrogen) atoms. The maximum Gasteiger partial charge on any atom is 0.355 e. The standard InChI is InChI=1S/C18H15N3O2/c22-17(23)16-15(14-9-5-2-6-10-14)12-20-18(21-16)19-11-13-7-3-1-4-8-13/h1-10,12H,11H2,(H,22,23)(H,19,20,21). The number of carboxylic acids is 1. The highest BCUT2D eigenvalue weighted by molar-refractivity contribution is 5.94. The van der Waals surface area contributed by atoms with E-state index in [1.165, 1.54) is 0 Å². The highest BCUT2D eigenvalue weighted by Gasteiger charge is 2.15. The van der Waals surface area contributed by atoms with Crippen molar-refractivity contribution in [3.05, 3.63) is 78.1 Å². The van der Waals surface area contributed by atoms with Gasteiger partial charge in [0.15, 0.2) is 5.69 Å². The van der Waals surface area contributed by atoms with Gasteiger partial charge < -0.3 is 10.4 Å². The van der Waals surface area contributed by atoms with Crippen molar-refractivity contribution in [3.8, 4) is 11.1 Å². The van der Waals surface area contributed by atoms with Gasteiger partial charge in [-0.1, -0.05) is 60.7 Å². The van der Waals surface area contributed by atoms with Gasteiger partial charge in [0.1, 0.15) is 0 Å². The monoisotopic (exact) mass is 305 g/mol. The molecule has 5 heteroatoms. The van der Waals surface area contributed by atoms with Crippen LogP contribution >= 0.6 is 0 Å². The molecule has 0 atom stereocenters. The first kappa shape index (κ1) is 14.7. The molecule has 0 saturated carbocycles. The molecule has 5 nitrogen and oxygen atoms in total. The van der Waals surface area contributed by atoms with Crippen LogP contribution in [-0.4, -0.2) is 21.0 Å². The number of anilines is 1. The molecule has 0 bridgehead atoms. The number of aromatic carboxylic acids is 1. The molecule has 2 N–H and O–H groups in total. The predicted octanol–water partition coefficient (Wildman–Crippen LogP) is 3.45. The summed E-state index contributed by atoms with van der Waals surface area (Å²) in [4.78, 5) is 19.9. The fourth-order valence-corrected chi connectivity index (χ4v) is 2.24. The Hall–Kier alpha value is -3.21. The Morgan fingerprint density at radius 3 is 2.30 bits per heavy atom. The van der Waals surface area contributed by atoms with Crippen molar-refractivity contribution >= 4 is 11.9 Å². The normalized spacial score (nSPS) is 10.3. The largest absolute Gasteiger partial charge is 0.476 e. The number of aromatic nitrogens is 2. The summed E-state index contributed by atoms with van der Waals surface area (Å²) in [6.45, 7) is 0.532. The van der Waals surface area contributed by atoms with Crippen LogP contribution in [0.2, 0.25) is 0 Å². The van der Waals surface area contributed by atoms with Gasteiger partial charge in [0.2, 0.25) is 5.95 Å². The number of nitrogens with one attached hydrogen (secondary N) is 1. The molecule has 0 radical (unpaired) electrons. The van der Waals surface area contributed by atoms with Gasteiger partial charge in [-0.2, -0.15) is 0 Å². The first-order valence-corrected chi connectivity index (χ1v) is 7.17. The van der Waals surface area contributed by atoms with E-state index in [0.29, 0.717) is 18.1 Å². The van der Waals surface area contributed by atoms with Crippen molar-refractivity contribution in [1.82, 2.24) is 9.97 Å². The average Bonchev–Trinajstić information content (AvgIpc) is 2.61. The van der Waals surface area contributed by atoms with Crippen LogP contribution < -0.4 is 5.32 Å². The third-order valence-corrected chi connectivity index (χ3v) is 3.37. The van der Waals surface area contributed by atoms with Gasteiger partial charge in [0, 0.05) is 18.3 Å². The quantitative estimate of drug-likeness (QED) is 0.755. The fraction of sp³-hybridized carbons (Fsp3) is 0.0556. The molecule has 2 aromatic carbocycles. The van der Waals surface area contributed by atoms with Crippen LogP contribution in [0.25, 0.3) is 11.1 Å². The van der Waals surface area contributed by atoms with Crippen LogP contribution in [-0.2, 0) is 6.54 Å². The molecule has 3 rings (SSSR count). The summed E-state index contributed by atoms with van der Waals surface area (Å²) in [5, 5.41) is 12.5. The molecule has 0 fully saturated rings. The smallest absolute Gasteiger partial charge is 0.355 e. The van der Waals surface area contributed by atoms with Gasteiger partial charge >= 0.3 is 5.97 Å². The molecule has 0 spiro atoms. The molecular weight excluding hydrogens is 290 g/mol. The number of carbonyl (C=O) groups is 1. The lowest BCUT2D eigenvalue weighted by atomic mass is 10.1. The molecule has 0 saturated heterocycles. The van der Waals surface area contributed by atoms with Crippen molar-refractivity contribution in [2.24, 2.45) is 0 Å². The Balaban J connectivity index is 1.86. The molecule has 0 aliphatic carbocycles. The molecule has 0 amide bonds. The highest BCUT2D eigenvalue weighted by atomic mass is 16.4. The second-order valence-corrected chi connectivity index (χ2v) is 4.97. The van der Waals surface area contributed by atoms with E-state index in [2.05, 4.69) is 15.3 Å². The van der Waals surface area contributed by atoms with Crippen molar-refractivity contribution in [1.29, 1.82) is 0 Å². The van der Waals surface area contributed by atoms with Crippen LogP contribution in [0.4, 0.5) is 5.95 Å². The van der Waals surface area contributed by atoms with Crippen LogP contribution in [0.3, 0.4) is 0 Å².